The molecule has 1 heterocycles. The minimum atomic E-state index is -0.243. The predicted molar refractivity (Wildman–Crippen MR) is 94.4 cm³/mol. The third-order valence-electron chi connectivity index (χ3n) is 3.95. The fourth-order valence-corrected chi connectivity index (χ4v) is 2.81. The third kappa shape index (κ3) is 2.61. The quantitative estimate of drug-likeness (QED) is 0.499. The zero-order chi connectivity index (χ0) is 16.4. The lowest BCUT2D eigenvalue weighted by atomic mass is 10.1. The van der Waals surface area contributed by atoms with Gasteiger partial charge >= 0.3 is 0 Å². The van der Waals surface area contributed by atoms with Crippen molar-refractivity contribution in [3.05, 3.63) is 96.9 Å². The maximum Gasteiger partial charge on any atom is 0.144 e. The Morgan fingerprint density at radius 1 is 0.667 bits per heavy atom. The fourth-order valence-electron chi connectivity index (χ4n) is 2.81. The molecule has 0 atom stereocenters. The zero-order valence-electron chi connectivity index (χ0n) is 12.9. The Labute approximate surface area is 139 Å². The van der Waals surface area contributed by atoms with Gasteiger partial charge in [0, 0.05) is 16.8 Å². The van der Waals surface area contributed by atoms with Crippen LogP contribution in [0.25, 0.3) is 28.3 Å². The maximum atomic E-state index is 13.3. The highest BCUT2D eigenvalue weighted by atomic mass is 19.1. The van der Waals surface area contributed by atoms with E-state index in [0.717, 1.165) is 28.3 Å². The van der Waals surface area contributed by atoms with Gasteiger partial charge in [-0.15, -0.1) is 0 Å². The molecule has 0 spiro atoms. The van der Waals surface area contributed by atoms with E-state index in [-0.39, 0.29) is 5.82 Å². The van der Waals surface area contributed by atoms with E-state index in [9.17, 15) is 4.39 Å². The summed E-state index contributed by atoms with van der Waals surface area (Å²) in [7, 11) is 0. The number of nitrogens with zero attached hydrogens (tertiary/aromatic N) is 2. The van der Waals surface area contributed by atoms with E-state index in [1.165, 1.54) is 12.1 Å². The lowest BCUT2D eigenvalue weighted by Crippen LogP contribution is -1.99. The second kappa shape index (κ2) is 6.13. The third-order valence-corrected chi connectivity index (χ3v) is 3.95. The van der Waals surface area contributed by atoms with Crippen LogP contribution in [0.3, 0.4) is 0 Å². The second-order valence-corrected chi connectivity index (χ2v) is 5.51. The van der Waals surface area contributed by atoms with Gasteiger partial charge in [0.05, 0.1) is 11.9 Å². The molecular formula is C21H15FN2. The minimum absolute atomic E-state index is 0.243. The van der Waals surface area contributed by atoms with Gasteiger partial charge < -0.3 is 0 Å². The van der Waals surface area contributed by atoms with Crippen LogP contribution >= 0.6 is 0 Å². The van der Waals surface area contributed by atoms with E-state index < -0.39 is 0 Å². The van der Waals surface area contributed by atoms with E-state index in [1.807, 2.05) is 66.9 Å². The first-order valence-corrected chi connectivity index (χ1v) is 7.77. The van der Waals surface area contributed by atoms with Crippen molar-refractivity contribution in [2.24, 2.45) is 0 Å². The Hall–Kier alpha value is -3.20. The Kier molecular flexibility index (Phi) is 3.67. The van der Waals surface area contributed by atoms with Gasteiger partial charge in [0.1, 0.15) is 11.6 Å². The number of rotatable bonds is 3. The summed E-state index contributed by atoms with van der Waals surface area (Å²) in [6, 6.07) is 26.6. The molecule has 116 valence electrons. The molecule has 4 aromatic rings. The van der Waals surface area contributed by atoms with Crippen LogP contribution < -0.4 is 0 Å². The van der Waals surface area contributed by atoms with Gasteiger partial charge in [-0.05, 0) is 36.4 Å². The van der Waals surface area contributed by atoms with Crippen LogP contribution in [0.2, 0.25) is 0 Å². The van der Waals surface area contributed by atoms with Gasteiger partial charge in [-0.1, -0.05) is 48.5 Å². The van der Waals surface area contributed by atoms with Crippen LogP contribution in [0, 0.1) is 5.82 Å². The topological polar surface area (TPSA) is 17.8 Å². The summed E-state index contributed by atoms with van der Waals surface area (Å²) in [6.07, 6.45) is 1.84. The molecule has 0 bridgehead atoms. The molecule has 0 fully saturated rings. The second-order valence-electron chi connectivity index (χ2n) is 5.51. The molecule has 0 unspecified atom stereocenters. The molecule has 0 aliphatic rings. The molecule has 0 aliphatic carbocycles. The molecule has 3 aromatic carbocycles. The van der Waals surface area contributed by atoms with Crippen LogP contribution in [0.1, 0.15) is 0 Å². The molecule has 0 amide bonds. The van der Waals surface area contributed by atoms with E-state index in [1.54, 1.807) is 12.1 Å². The summed E-state index contributed by atoms with van der Waals surface area (Å²) >= 11 is 0. The van der Waals surface area contributed by atoms with Crippen LogP contribution in [0.4, 0.5) is 4.39 Å². The van der Waals surface area contributed by atoms with Gasteiger partial charge in [-0.3, -0.25) is 4.57 Å². The summed E-state index contributed by atoms with van der Waals surface area (Å²) in [5.74, 6) is 0.619. The largest absolute Gasteiger partial charge is 0.292 e. The molecule has 3 heteroatoms. The average molecular weight is 314 g/mol. The Balaban J connectivity index is 1.95. The fraction of sp³-hybridized carbons (Fsp3) is 0. The normalized spacial score (nSPS) is 10.7. The number of para-hydroxylation sites is 1. The molecule has 1 aromatic heterocycles. The molecule has 0 aliphatic heterocycles. The number of hydrogen-bond donors (Lipinski definition) is 0. The summed E-state index contributed by atoms with van der Waals surface area (Å²) in [6.45, 7) is 0. The van der Waals surface area contributed by atoms with E-state index >= 15 is 0 Å². The number of benzene rings is 3. The summed E-state index contributed by atoms with van der Waals surface area (Å²) in [4.78, 5) is 4.63. The summed E-state index contributed by atoms with van der Waals surface area (Å²) in [5, 5.41) is 0. The molecular weight excluding hydrogens is 299 g/mol. The molecule has 0 radical (unpaired) electrons. The zero-order valence-corrected chi connectivity index (χ0v) is 12.9. The smallest absolute Gasteiger partial charge is 0.144 e. The number of halogens is 1. The van der Waals surface area contributed by atoms with Gasteiger partial charge in [0.2, 0.25) is 0 Å². The Morgan fingerprint density at radius 3 is 1.96 bits per heavy atom. The van der Waals surface area contributed by atoms with E-state index in [2.05, 4.69) is 9.55 Å². The van der Waals surface area contributed by atoms with Crippen molar-refractivity contribution in [1.29, 1.82) is 0 Å². The highest BCUT2D eigenvalue weighted by molar-refractivity contribution is 5.69. The van der Waals surface area contributed by atoms with Gasteiger partial charge in [-0.2, -0.15) is 0 Å². The lowest BCUT2D eigenvalue weighted by molar-refractivity contribution is 0.628. The molecule has 4 rings (SSSR count). The van der Waals surface area contributed by atoms with Crippen molar-refractivity contribution in [2.45, 2.75) is 0 Å². The summed E-state index contributed by atoms with van der Waals surface area (Å²) in [5.41, 5.74) is 3.91. The van der Waals surface area contributed by atoms with Crippen LogP contribution in [-0.4, -0.2) is 9.55 Å². The maximum absolute atomic E-state index is 13.3. The lowest BCUT2D eigenvalue weighted by Gasteiger charge is -2.12. The first-order valence-electron chi connectivity index (χ1n) is 7.77. The van der Waals surface area contributed by atoms with E-state index in [4.69, 9.17) is 0 Å². The van der Waals surface area contributed by atoms with Crippen molar-refractivity contribution in [1.82, 2.24) is 9.55 Å². The molecule has 0 saturated carbocycles. The average Bonchev–Trinajstić information content (AvgIpc) is 3.09. The minimum Gasteiger partial charge on any atom is -0.292 e. The van der Waals surface area contributed by atoms with E-state index in [0.29, 0.717) is 0 Å². The number of hydrogen-bond acceptors (Lipinski definition) is 1. The van der Waals surface area contributed by atoms with Crippen molar-refractivity contribution in [2.75, 3.05) is 0 Å². The number of imidazole rings is 1. The Bertz CT molecular complexity index is 942. The van der Waals surface area contributed by atoms with Crippen molar-refractivity contribution < 1.29 is 4.39 Å². The van der Waals surface area contributed by atoms with Gasteiger partial charge in [0.15, 0.2) is 0 Å². The Morgan fingerprint density at radius 2 is 1.29 bits per heavy atom. The molecule has 24 heavy (non-hydrogen) atoms. The van der Waals surface area contributed by atoms with Gasteiger partial charge in [-0.25, -0.2) is 9.37 Å². The number of aromatic nitrogens is 2. The molecule has 0 N–H and O–H groups in total. The predicted octanol–water partition coefficient (Wildman–Crippen LogP) is 5.35. The highest BCUT2D eigenvalue weighted by Gasteiger charge is 2.14. The first kappa shape index (κ1) is 14.4. The SMILES string of the molecule is Fc1ccc(-c2cnc(-c3ccccc3)n2-c2ccccc2)cc1. The van der Waals surface area contributed by atoms with Crippen molar-refractivity contribution >= 4 is 0 Å². The van der Waals surface area contributed by atoms with Crippen molar-refractivity contribution in [3.63, 3.8) is 0 Å². The highest BCUT2D eigenvalue weighted by Crippen LogP contribution is 2.30. The van der Waals surface area contributed by atoms with Crippen LogP contribution in [0.15, 0.2) is 91.1 Å². The summed E-state index contributed by atoms with van der Waals surface area (Å²) < 4.78 is 15.4. The van der Waals surface area contributed by atoms with Crippen molar-refractivity contribution in [3.8, 4) is 28.3 Å². The monoisotopic (exact) mass is 314 g/mol. The van der Waals surface area contributed by atoms with Crippen LogP contribution in [0.5, 0.6) is 0 Å². The first-order chi connectivity index (χ1) is 11.8. The molecule has 2 nitrogen and oxygen atoms in total. The molecule has 0 saturated heterocycles. The van der Waals surface area contributed by atoms with Gasteiger partial charge in [0.25, 0.3) is 0 Å². The van der Waals surface area contributed by atoms with Crippen LogP contribution in [-0.2, 0) is 0 Å². The standard InChI is InChI=1S/C21H15FN2/c22-18-13-11-16(12-14-18)20-15-23-21(17-7-3-1-4-8-17)24(20)19-9-5-2-6-10-19/h1-15H.